The van der Waals surface area contributed by atoms with Crippen molar-refractivity contribution in [3.8, 4) is 11.3 Å². The number of anilines is 2. The number of fused-ring (bicyclic) bond motifs is 1. The molecule has 0 unspecified atom stereocenters. The average Bonchev–Trinajstić information content (AvgIpc) is 3.03. The van der Waals surface area contributed by atoms with Gasteiger partial charge in [-0.1, -0.05) is 12.1 Å². The largest absolute Gasteiger partial charge is 0.416 e. The highest BCUT2D eigenvalue weighted by Gasteiger charge is 2.30. The van der Waals surface area contributed by atoms with Crippen molar-refractivity contribution in [1.82, 2.24) is 19.7 Å². The molecule has 2 aromatic heterocycles. The van der Waals surface area contributed by atoms with Crippen molar-refractivity contribution >= 4 is 22.5 Å². The van der Waals surface area contributed by atoms with Crippen molar-refractivity contribution in [2.24, 2.45) is 7.05 Å². The van der Waals surface area contributed by atoms with E-state index >= 15 is 0 Å². The first kappa shape index (κ1) is 17.9. The maximum absolute atomic E-state index is 14.2. The molecule has 4 rings (SSSR count). The molecule has 4 aromatic rings. The minimum Gasteiger partial charge on any atom is -0.324 e. The Morgan fingerprint density at radius 1 is 1.04 bits per heavy atom. The fraction of sp³-hybridized carbons (Fsp3) is 0.105. The molecule has 0 bridgehead atoms. The van der Waals surface area contributed by atoms with Gasteiger partial charge in [0.2, 0.25) is 5.95 Å². The number of benzene rings is 2. The highest BCUT2D eigenvalue weighted by molar-refractivity contribution is 5.83. The summed E-state index contributed by atoms with van der Waals surface area (Å²) in [5, 5.41) is 7.97. The Morgan fingerprint density at radius 2 is 1.86 bits per heavy atom. The Hall–Kier alpha value is -3.49. The van der Waals surface area contributed by atoms with Gasteiger partial charge in [0.1, 0.15) is 5.69 Å². The molecule has 5 nitrogen and oxygen atoms in total. The van der Waals surface area contributed by atoms with E-state index in [9.17, 15) is 17.6 Å². The summed E-state index contributed by atoms with van der Waals surface area (Å²) >= 11 is 0. The van der Waals surface area contributed by atoms with Crippen molar-refractivity contribution in [3.05, 3.63) is 66.2 Å². The fourth-order valence-electron chi connectivity index (χ4n) is 2.84. The zero-order valence-electron chi connectivity index (χ0n) is 14.5. The third kappa shape index (κ3) is 3.38. The van der Waals surface area contributed by atoms with Crippen LogP contribution in [-0.2, 0) is 13.2 Å². The van der Waals surface area contributed by atoms with Crippen LogP contribution in [0.2, 0.25) is 0 Å². The molecular weight excluding hydrogens is 374 g/mol. The molecule has 0 saturated heterocycles. The van der Waals surface area contributed by atoms with Gasteiger partial charge in [-0.3, -0.25) is 4.68 Å². The Labute approximate surface area is 156 Å². The molecule has 2 heterocycles. The molecule has 0 spiro atoms. The van der Waals surface area contributed by atoms with E-state index in [0.717, 1.165) is 29.2 Å². The molecule has 142 valence electrons. The molecule has 0 aliphatic heterocycles. The van der Waals surface area contributed by atoms with Crippen LogP contribution in [0.15, 0.2) is 54.9 Å². The van der Waals surface area contributed by atoms with Gasteiger partial charge in [0, 0.05) is 23.7 Å². The lowest BCUT2D eigenvalue weighted by Gasteiger charge is -2.10. The van der Waals surface area contributed by atoms with Gasteiger partial charge < -0.3 is 5.32 Å². The van der Waals surface area contributed by atoms with Crippen LogP contribution in [0.3, 0.4) is 0 Å². The zero-order chi connectivity index (χ0) is 19.9. The zero-order valence-corrected chi connectivity index (χ0v) is 14.5. The molecule has 0 fully saturated rings. The highest BCUT2D eigenvalue weighted by atomic mass is 19.4. The number of alkyl halides is 3. The molecule has 1 N–H and O–H groups in total. The summed E-state index contributed by atoms with van der Waals surface area (Å²) in [7, 11) is 1.82. The maximum atomic E-state index is 14.2. The van der Waals surface area contributed by atoms with Crippen LogP contribution in [0.25, 0.3) is 22.2 Å². The van der Waals surface area contributed by atoms with Crippen LogP contribution in [0.1, 0.15) is 5.56 Å². The lowest BCUT2D eigenvalue weighted by Crippen LogP contribution is -2.05. The molecule has 0 saturated carbocycles. The smallest absolute Gasteiger partial charge is 0.324 e. The SMILES string of the molecule is Cn1ncc2cc(Nc3ncc(F)c(-c4cccc(C(F)(F)F)c4)n3)ccc21. The molecule has 2 aromatic carbocycles. The van der Waals surface area contributed by atoms with E-state index < -0.39 is 17.6 Å². The maximum Gasteiger partial charge on any atom is 0.416 e. The Bertz CT molecular complexity index is 1170. The van der Waals surface area contributed by atoms with Gasteiger partial charge in [0.05, 0.1) is 23.5 Å². The lowest BCUT2D eigenvalue weighted by molar-refractivity contribution is -0.137. The van der Waals surface area contributed by atoms with Gasteiger partial charge in [-0.25, -0.2) is 14.4 Å². The van der Waals surface area contributed by atoms with Crippen LogP contribution >= 0.6 is 0 Å². The Morgan fingerprint density at radius 3 is 2.64 bits per heavy atom. The van der Waals surface area contributed by atoms with Crippen LogP contribution in [0.4, 0.5) is 29.2 Å². The predicted octanol–water partition coefficient (Wildman–Crippen LogP) is 4.93. The van der Waals surface area contributed by atoms with Crippen molar-refractivity contribution in [1.29, 1.82) is 0 Å². The first-order chi connectivity index (χ1) is 13.3. The van der Waals surface area contributed by atoms with Gasteiger partial charge in [0.15, 0.2) is 5.82 Å². The number of rotatable bonds is 3. The van der Waals surface area contributed by atoms with Crippen molar-refractivity contribution in [2.75, 3.05) is 5.32 Å². The van der Waals surface area contributed by atoms with E-state index in [0.29, 0.717) is 5.69 Å². The summed E-state index contributed by atoms with van der Waals surface area (Å²) in [5.74, 6) is -0.746. The molecule has 0 aliphatic carbocycles. The van der Waals surface area contributed by atoms with Crippen LogP contribution in [-0.4, -0.2) is 19.7 Å². The van der Waals surface area contributed by atoms with Gasteiger partial charge in [-0.15, -0.1) is 0 Å². The van der Waals surface area contributed by atoms with E-state index in [2.05, 4.69) is 20.4 Å². The summed E-state index contributed by atoms with van der Waals surface area (Å²) in [5.41, 5.74) is 0.489. The number of nitrogens with one attached hydrogen (secondary N) is 1. The quantitative estimate of drug-likeness (QED) is 0.507. The van der Waals surface area contributed by atoms with E-state index in [-0.39, 0.29) is 17.2 Å². The molecule has 0 radical (unpaired) electrons. The van der Waals surface area contributed by atoms with Gasteiger partial charge in [-0.05, 0) is 30.3 Å². The first-order valence-corrected chi connectivity index (χ1v) is 8.20. The molecule has 0 aliphatic rings. The van der Waals surface area contributed by atoms with E-state index in [4.69, 9.17) is 0 Å². The van der Waals surface area contributed by atoms with Crippen molar-refractivity contribution in [2.45, 2.75) is 6.18 Å². The Balaban J connectivity index is 1.69. The van der Waals surface area contributed by atoms with E-state index in [1.807, 2.05) is 19.2 Å². The summed E-state index contributed by atoms with van der Waals surface area (Å²) < 4.78 is 54.7. The van der Waals surface area contributed by atoms with Crippen molar-refractivity contribution < 1.29 is 17.6 Å². The second kappa shape index (κ2) is 6.59. The molecule has 0 amide bonds. The van der Waals surface area contributed by atoms with Gasteiger partial charge >= 0.3 is 6.18 Å². The Kier molecular flexibility index (Phi) is 4.21. The van der Waals surface area contributed by atoms with Crippen LogP contribution < -0.4 is 5.32 Å². The fourth-order valence-corrected chi connectivity index (χ4v) is 2.84. The normalized spacial score (nSPS) is 11.8. The highest BCUT2D eigenvalue weighted by Crippen LogP contribution is 2.32. The third-order valence-electron chi connectivity index (χ3n) is 4.21. The second-order valence-corrected chi connectivity index (χ2v) is 6.14. The molecule has 9 heteroatoms. The second-order valence-electron chi connectivity index (χ2n) is 6.14. The average molecular weight is 387 g/mol. The number of aryl methyl sites for hydroxylation is 1. The van der Waals surface area contributed by atoms with Crippen LogP contribution in [0.5, 0.6) is 0 Å². The van der Waals surface area contributed by atoms with Crippen molar-refractivity contribution in [3.63, 3.8) is 0 Å². The van der Waals surface area contributed by atoms with Gasteiger partial charge in [-0.2, -0.15) is 18.3 Å². The number of halogens is 4. The lowest BCUT2D eigenvalue weighted by atomic mass is 10.1. The number of aromatic nitrogens is 4. The number of hydrogen-bond acceptors (Lipinski definition) is 4. The summed E-state index contributed by atoms with van der Waals surface area (Å²) in [6.45, 7) is 0. The number of nitrogens with zero attached hydrogens (tertiary/aromatic N) is 4. The molecule has 0 atom stereocenters. The monoisotopic (exact) mass is 387 g/mol. The minimum atomic E-state index is -4.53. The molecule has 28 heavy (non-hydrogen) atoms. The summed E-state index contributed by atoms with van der Waals surface area (Å²) in [6, 6.07) is 9.80. The van der Waals surface area contributed by atoms with Gasteiger partial charge in [0.25, 0.3) is 0 Å². The summed E-state index contributed by atoms with van der Waals surface area (Å²) in [4.78, 5) is 7.94. The molecular formula is C19H13F4N5. The van der Waals surface area contributed by atoms with E-state index in [1.165, 1.54) is 12.1 Å². The third-order valence-corrected chi connectivity index (χ3v) is 4.21. The topological polar surface area (TPSA) is 55.6 Å². The number of hydrogen-bond donors (Lipinski definition) is 1. The minimum absolute atomic E-state index is 0.0143. The summed E-state index contributed by atoms with van der Waals surface area (Å²) in [6.07, 6.45) is -1.91. The van der Waals surface area contributed by atoms with Crippen LogP contribution in [0, 0.1) is 5.82 Å². The van der Waals surface area contributed by atoms with E-state index in [1.54, 1.807) is 16.9 Å². The predicted molar refractivity (Wildman–Crippen MR) is 96.4 cm³/mol. The standard InChI is InChI=1S/C19H13F4N5/c1-28-16-6-5-14(8-12(16)9-25-28)26-18-24-10-15(20)17(27-18)11-3-2-4-13(7-11)19(21,22)23/h2-10H,1H3,(H,24,26,27). The first-order valence-electron chi connectivity index (χ1n) is 8.20.